The lowest BCUT2D eigenvalue weighted by Crippen LogP contribution is -1.94. The highest BCUT2D eigenvalue weighted by Gasteiger charge is 2.12. The van der Waals surface area contributed by atoms with E-state index in [1.54, 1.807) is 12.4 Å². The van der Waals surface area contributed by atoms with Crippen LogP contribution in [0.4, 0.5) is 5.69 Å². The van der Waals surface area contributed by atoms with Gasteiger partial charge in [-0.05, 0) is 57.4 Å². The first-order valence-corrected chi connectivity index (χ1v) is 13.0. The quantitative estimate of drug-likeness (QED) is 0.179. The molecule has 0 saturated carbocycles. The van der Waals surface area contributed by atoms with E-state index < -0.39 is 0 Å². The molecule has 2 aromatic heterocycles. The van der Waals surface area contributed by atoms with Crippen LogP contribution >= 0.6 is 0 Å². The molecule has 4 nitrogen and oxygen atoms in total. The van der Waals surface area contributed by atoms with E-state index in [-0.39, 0.29) is 0 Å². The van der Waals surface area contributed by atoms with Crippen LogP contribution < -0.4 is 0 Å². The molecule has 0 bridgehead atoms. The SMILES string of the molecule is C=Cc1ccc2ccc(-c3ccnc(-c4ccc5c(ccc6c7ccccc7ccc56)c4)n3)nc2c1N=CC. The molecule has 184 valence electrons. The minimum atomic E-state index is 0.668. The maximum atomic E-state index is 4.96. The molecule has 2 heterocycles. The summed E-state index contributed by atoms with van der Waals surface area (Å²) in [4.78, 5) is 19.1. The van der Waals surface area contributed by atoms with E-state index in [9.17, 15) is 0 Å². The van der Waals surface area contributed by atoms with Gasteiger partial charge in [0.25, 0.3) is 0 Å². The Morgan fingerprint density at radius 1 is 0.667 bits per heavy atom. The summed E-state index contributed by atoms with van der Waals surface area (Å²) in [6.45, 7) is 5.84. The van der Waals surface area contributed by atoms with Gasteiger partial charge in [0.05, 0.1) is 22.6 Å². The van der Waals surface area contributed by atoms with Crippen molar-refractivity contribution in [3.05, 3.63) is 115 Å². The number of rotatable bonds is 4. The Morgan fingerprint density at radius 2 is 1.38 bits per heavy atom. The summed E-state index contributed by atoms with van der Waals surface area (Å²) in [7, 11) is 0. The number of nitrogens with zero attached hydrogens (tertiary/aromatic N) is 4. The van der Waals surface area contributed by atoms with E-state index in [2.05, 4.69) is 89.4 Å². The van der Waals surface area contributed by atoms with E-state index in [0.29, 0.717) is 5.82 Å². The minimum Gasteiger partial charge on any atom is -0.259 e. The van der Waals surface area contributed by atoms with Crippen molar-refractivity contribution in [3.8, 4) is 22.8 Å². The molecule has 0 spiro atoms. The van der Waals surface area contributed by atoms with Crippen molar-refractivity contribution in [2.75, 3.05) is 0 Å². The molecule has 0 aliphatic carbocycles. The van der Waals surface area contributed by atoms with Gasteiger partial charge < -0.3 is 0 Å². The number of benzene rings is 5. The molecule has 0 saturated heterocycles. The Hall–Kier alpha value is -5.22. The predicted octanol–water partition coefficient (Wildman–Crippen LogP) is 9.18. The van der Waals surface area contributed by atoms with Gasteiger partial charge in [-0.1, -0.05) is 91.5 Å². The lowest BCUT2D eigenvalue weighted by Gasteiger charge is -2.10. The summed E-state index contributed by atoms with van der Waals surface area (Å²) in [6, 6.07) is 33.8. The Morgan fingerprint density at radius 3 is 2.23 bits per heavy atom. The fraction of sp³-hybridized carbons (Fsp3) is 0.0286. The molecule has 7 rings (SSSR count). The molecule has 4 heteroatoms. The van der Waals surface area contributed by atoms with Gasteiger partial charge >= 0.3 is 0 Å². The van der Waals surface area contributed by atoms with Gasteiger partial charge in [0, 0.05) is 28.9 Å². The molecule has 0 atom stereocenters. The first kappa shape index (κ1) is 22.9. The summed E-state index contributed by atoms with van der Waals surface area (Å²) in [5.74, 6) is 0.668. The first-order valence-electron chi connectivity index (χ1n) is 13.0. The Labute approximate surface area is 226 Å². The molecule has 0 unspecified atom stereocenters. The Balaban J connectivity index is 1.33. The van der Waals surface area contributed by atoms with Crippen LogP contribution in [-0.2, 0) is 0 Å². The lowest BCUT2D eigenvalue weighted by molar-refractivity contribution is 1.17. The Kier molecular flexibility index (Phi) is 5.45. The van der Waals surface area contributed by atoms with Crippen LogP contribution in [0.25, 0.3) is 72.1 Å². The standard InChI is InChI=1S/C35H24N4/c1-3-22-9-10-24-14-18-31(38-34(24)33(22)36-4-2)32-19-20-37-35(39-32)26-13-15-28-25(21-26)12-17-29-27-8-6-5-7-23(27)11-16-30(28)29/h3-21H,1H2,2H3. The van der Waals surface area contributed by atoms with Crippen LogP contribution in [0, 0.1) is 0 Å². The number of aliphatic imine (C=N–C) groups is 1. The van der Waals surface area contributed by atoms with Crippen molar-refractivity contribution in [2.45, 2.75) is 6.92 Å². The zero-order chi connectivity index (χ0) is 26.3. The average Bonchev–Trinajstić information content (AvgIpc) is 3.00. The van der Waals surface area contributed by atoms with Gasteiger partial charge in [0.1, 0.15) is 0 Å². The molecule has 0 aliphatic heterocycles. The van der Waals surface area contributed by atoms with Crippen LogP contribution in [0.5, 0.6) is 0 Å². The monoisotopic (exact) mass is 500 g/mol. The van der Waals surface area contributed by atoms with E-state index >= 15 is 0 Å². The molecule has 39 heavy (non-hydrogen) atoms. The molecule has 0 fully saturated rings. The zero-order valence-corrected chi connectivity index (χ0v) is 21.5. The third-order valence-corrected chi connectivity index (χ3v) is 7.26. The number of hydrogen-bond donors (Lipinski definition) is 0. The summed E-state index contributed by atoms with van der Waals surface area (Å²) in [5, 5.41) is 8.44. The van der Waals surface area contributed by atoms with Gasteiger partial charge in [0.15, 0.2) is 5.82 Å². The summed E-state index contributed by atoms with van der Waals surface area (Å²) < 4.78 is 0. The predicted molar refractivity (Wildman–Crippen MR) is 165 cm³/mol. The minimum absolute atomic E-state index is 0.668. The molecule has 0 radical (unpaired) electrons. The van der Waals surface area contributed by atoms with Crippen molar-refractivity contribution in [1.29, 1.82) is 0 Å². The van der Waals surface area contributed by atoms with Crippen molar-refractivity contribution < 1.29 is 0 Å². The molecule has 0 N–H and O–H groups in total. The maximum absolute atomic E-state index is 4.96. The van der Waals surface area contributed by atoms with Crippen molar-refractivity contribution in [2.24, 2.45) is 4.99 Å². The number of fused-ring (bicyclic) bond motifs is 6. The zero-order valence-electron chi connectivity index (χ0n) is 21.5. The topological polar surface area (TPSA) is 51.0 Å². The molecule has 5 aromatic carbocycles. The van der Waals surface area contributed by atoms with Gasteiger partial charge in [-0.15, -0.1) is 0 Å². The molecule has 0 amide bonds. The van der Waals surface area contributed by atoms with Gasteiger partial charge in [-0.25, -0.2) is 15.0 Å². The lowest BCUT2D eigenvalue weighted by atomic mass is 9.96. The van der Waals surface area contributed by atoms with Gasteiger partial charge in [-0.3, -0.25) is 4.99 Å². The van der Waals surface area contributed by atoms with Crippen molar-refractivity contribution >= 4 is 61.2 Å². The Bertz CT molecular complexity index is 2110. The number of pyridine rings is 1. The molecular weight excluding hydrogens is 476 g/mol. The summed E-state index contributed by atoms with van der Waals surface area (Å²) in [5.41, 5.74) is 5.10. The second-order valence-corrected chi connectivity index (χ2v) is 9.51. The van der Waals surface area contributed by atoms with Crippen molar-refractivity contribution in [1.82, 2.24) is 15.0 Å². The summed E-state index contributed by atoms with van der Waals surface area (Å²) >= 11 is 0. The fourth-order valence-electron chi connectivity index (χ4n) is 5.37. The third-order valence-electron chi connectivity index (χ3n) is 7.26. The molecular formula is C35H24N4. The normalized spacial score (nSPS) is 11.7. The smallest absolute Gasteiger partial charge is 0.159 e. The van der Waals surface area contributed by atoms with E-state index in [1.165, 1.54) is 26.9 Å². The second-order valence-electron chi connectivity index (χ2n) is 9.51. The van der Waals surface area contributed by atoms with Crippen LogP contribution in [0.3, 0.4) is 0 Å². The highest BCUT2D eigenvalue weighted by atomic mass is 14.9. The van der Waals surface area contributed by atoms with Crippen LogP contribution in [0.2, 0.25) is 0 Å². The number of hydrogen-bond acceptors (Lipinski definition) is 4. The maximum Gasteiger partial charge on any atom is 0.159 e. The third kappa shape index (κ3) is 3.85. The fourth-order valence-corrected chi connectivity index (χ4v) is 5.37. The van der Waals surface area contributed by atoms with Gasteiger partial charge in [0.2, 0.25) is 0 Å². The molecule has 7 aromatic rings. The average molecular weight is 501 g/mol. The molecule has 0 aliphatic rings. The van der Waals surface area contributed by atoms with E-state index in [4.69, 9.17) is 9.97 Å². The van der Waals surface area contributed by atoms with Gasteiger partial charge in [-0.2, -0.15) is 0 Å². The van der Waals surface area contributed by atoms with Crippen LogP contribution in [-0.4, -0.2) is 21.2 Å². The highest BCUT2D eigenvalue weighted by molar-refractivity contribution is 6.17. The number of aromatic nitrogens is 3. The van der Waals surface area contributed by atoms with E-state index in [0.717, 1.165) is 44.5 Å². The highest BCUT2D eigenvalue weighted by Crippen LogP contribution is 2.34. The second kappa shape index (κ2) is 9.26. The van der Waals surface area contributed by atoms with Crippen LogP contribution in [0.1, 0.15) is 12.5 Å². The van der Waals surface area contributed by atoms with E-state index in [1.807, 2.05) is 37.3 Å². The largest absolute Gasteiger partial charge is 0.259 e. The summed E-state index contributed by atoms with van der Waals surface area (Å²) in [6.07, 6.45) is 5.39. The first-order chi connectivity index (χ1) is 19.2. The van der Waals surface area contributed by atoms with Crippen molar-refractivity contribution in [3.63, 3.8) is 0 Å². The van der Waals surface area contributed by atoms with Crippen LogP contribution in [0.15, 0.2) is 115 Å².